The minimum atomic E-state index is -2.14. The van der Waals surface area contributed by atoms with Crippen LogP contribution < -0.4 is 34.7 Å². The second-order valence-corrected chi connectivity index (χ2v) is 2.11. The van der Waals surface area contributed by atoms with Crippen molar-refractivity contribution < 1.29 is 49.7 Å². The molecule has 10 heavy (non-hydrogen) atoms. The summed E-state index contributed by atoms with van der Waals surface area (Å²) in [6.45, 7) is 2.16. The van der Waals surface area contributed by atoms with Crippen molar-refractivity contribution in [2.24, 2.45) is 0 Å². The number of aliphatic carboxylic acids is 1. The SMILES string of the molecule is C[C@H](O)C(C)(O)C(=O)[O-].[Na+]. The van der Waals surface area contributed by atoms with Gasteiger partial charge >= 0.3 is 29.6 Å². The third-order valence-corrected chi connectivity index (χ3v) is 1.23. The zero-order valence-electron chi connectivity index (χ0n) is 6.29. The van der Waals surface area contributed by atoms with Crippen LogP contribution in [0.3, 0.4) is 0 Å². The van der Waals surface area contributed by atoms with E-state index in [1.54, 1.807) is 0 Å². The molecule has 0 aliphatic carbocycles. The van der Waals surface area contributed by atoms with Gasteiger partial charge in [0.15, 0.2) is 0 Å². The molecule has 0 saturated heterocycles. The van der Waals surface area contributed by atoms with E-state index in [2.05, 4.69) is 0 Å². The summed E-state index contributed by atoms with van der Waals surface area (Å²) < 4.78 is 0. The Hall–Kier alpha value is 0.390. The number of hydrogen-bond donors (Lipinski definition) is 2. The largest absolute Gasteiger partial charge is 1.00 e. The van der Waals surface area contributed by atoms with Gasteiger partial charge in [0.1, 0.15) is 5.60 Å². The molecular weight excluding hydrogens is 147 g/mol. The Bertz CT molecular complexity index is 121. The van der Waals surface area contributed by atoms with E-state index >= 15 is 0 Å². The van der Waals surface area contributed by atoms with Crippen molar-refractivity contribution in [1.29, 1.82) is 0 Å². The van der Waals surface area contributed by atoms with Gasteiger partial charge in [-0.15, -0.1) is 0 Å². The average molecular weight is 156 g/mol. The summed E-state index contributed by atoms with van der Waals surface area (Å²) in [5, 5.41) is 27.3. The minimum absolute atomic E-state index is 0. The van der Waals surface area contributed by atoms with Crippen LogP contribution in [0.2, 0.25) is 0 Å². The molecule has 5 heteroatoms. The summed E-state index contributed by atoms with van der Waals surface area (Å²) in [4.78, 5) is 9.94. The van der Waals surface area contributed by atoms with Crippen LogP contribution in [0, 0.1) is 0 Å². The molecule has 54 valence electrons. The van der Waals surface area contributed by atoms with Crippen LogP contribution in [-0.2, 0) is 4.79 Å². The number of carboxylic acid groups (broad SMARTS) is 1. The van der Waals surface area contributed by atoms with Crippen molar-refractivity contribution >= 4 is 5.97 Å². The van der Waals surface area contributed by atoms with Crippen LogP contribution in [0.25, 0.3) is 0 Å². The standard InChI is InChI=1S/C5H10O4.Na/c1-3(6)5(2,9)4(7)8;/h3,6,9H,1-2H3,(H,7,8);/q;+1/p-1/t3-,5?;/m0./s1. The molecule has 0 aromatic rings. The summed E-state index contributed by atoms with van der Waals surface area (Å²) >= 11 is 0. The topological polar surface area (TPSA) is 80.6 Å². The van der Waals surface area contributed by atoms with E-state index in [-0.39, 0.29) is 29.6 Å². The fourth-order valence-corrected chi connectivity index (χ4v) is 0.171. The first-order valence-electron chi connectivity index (χ1n) is 2.51. The normalized spacial score (nSPS) is 18.4. The molecule has 0 rings (SSSR count). The molecule has 0 amide bonds. The van der Waals surface area contributed by atoms with Crippen molar-refractivity contribution in [3.05, 3.63) is 0 Å². The monoisotopic (exact) mass is 156 g/mol. The van der Waals surface area contributed by atoms with Crippen molar-refractivity contribution in [2.75, 3.05) is 0 Å². The molecule has 0 aliphatic heterocycles. The zero-order valence-corrected chi connectivity index (χ0v) is 8.29. The molecular formula is C5H9NaO4. The second kappa shape index (κ2) is 4.31. The maximum atomic E-state index is 9.94. The fourth-order valence-electron chi connectivity index (χ4n) is 0.171. The average Bonchev–Trinajstić information content (AvgIpc) is 1.65. The van der Waals surface area contributed by atoms with Crippen LogP contribution in [0.4, 0.5) is 0 Å². The van der Waals surface area contributed by atoms with E-state index in [1.165, 1.54) is 6.92 Å². The summed E-state index contributed by atoms with van der Waals surface area (Å²) in [6.07, 6.45) is -1.32. The Balaban J connectivity index is 0. The van der Waals surface area contributed by atoms with Crippen molar-refractivity contribution in [2.45, 2.75) is 25.6 Å². The van der Waals surface area contributed by atoms with Gasteiger partial charge in [-0.05, 0) is 13.8 Å². The third kappa shape index (κ3) is 2.98. The smallest absolute Gasteiger partial charge is 0.547 e. The van der Waals surface area contributed by atoms with Crippen molar-refractivity contribution in [3.8, 4) is 0 Å². The number of rotatable bonds is 2. The van der Waals surface area contributed by atoms with Gasteiger partial charge in [-0.1, -0.05) is 0 Å². The molecule has 1 unspecified atom stereocenters. The molecule has 0 fully saturated rings. The fraction of sp³-hybridized carbons (Fsp3) is 0.800. The third-order valence-electron chi connectivity index (χ3n) is 1.23. The van der Waals surface area contributed by atoms with Crippen molar-refractivity contribution in [3.63, 3.8) is 0 Å². The van der Waals surface area contributed by atoms with E-state index in [1.807, 2.05) is 0 Å². The summed E-state index contributed by atoms with van der Waals surface area (Å²) in [6, 6.07) is 0. The number of aliphatic hydroxyl groups is 2. The number of aliphatic hydroxyl groups excluding tert-OH is 1. The molecule has 0 aliphatic rings. The van der Waals surface area contributed by atoms with Gasteiger partial charge in [0, 0.05) is 0 Å². The van der Waals surface area contributed by atoms with Gasteiger partial charge in [-0.3, -0.25) is 0 Å². The van der Waals surface area contributed by atoms with E-state index < -0.39 is 17.7 Å². The first-order chi connectivity index (χ1) is 3.89. The summed E-state index contributed by atoms with van der Waals surface area (Å²) in [5.74, 6) is -1.67. The molecule has 2 atom stereocenters. The molecule has 0 aromatic carbocycles. The van der Waals surface area contributed by atoms with Crippen LogP contribution in [0.15, 0.2) is 0 Å². The van der Waals surface area contributed by atoms with E-state index in [9.17, 15) is 9.90 Å². The van der Waals surface area contributed by atoms with Gasteiger partial charge in [-0.2, -0.15) is 0 Å². The zero-order chi connectivity index (χ0) is 7.65. The molecule has 2 N–H and O–H groups in total. The van der Waals surface area contributed by atoms with Crippen LogP contribution in [0.1, 0.15) is 13.8 Å². The summed E-state index contributed by atoms with van der Waals surface area (Å²) in [5.41, 5.74) is -2.14. The van der Waals surface area contributed by atoms with Crippen molar-refractivity contribution in [1.82, 2.24) is 0 Å². The van der Waals surface area contributed by atoms with Gasteiger partial charge in [0.05, 0.1) is 12.1 Å². The maximum Gasteiger partial charge on any atom is 1.00 e. The predicted octanol–water partition coefficient (Wildman–Crippen LogP) is -5.13. The van der Waals surface area contributed by atoms with E-state index in [4.69, 9.17) is 10.2 Å². The van der Waals surface area contributed by atoms with Crippen LogP contribution in [-0.4, -0.2) is 27.9 Å². The number of carbonyl (C=O) groups excluding carboxylic acids is 1. The maximum absolute atomic E-state index is 9.94. The van der Waals surface area contributed by atoms with E-state index in [0.29, 0.717) is 0 Å². The van der Waals surface area contributed by atoms with Gasteiger partial charge in [0.25, 0.3) is 0 Å². The Morgan fingerprint density at radius 1 is 1.70 bits per heavy atom. The minimum Gasteiger partial charge on any atom is -0.547 e. The Morgan fingerprint density at radius 3 is 2.00 bits per heavy atom. The predicted molar refractivity (Wildman–Crippen MR) is 27.3 cm³/mol. The molecule has 4 nitrogen and oxygen atoms in total. The molecule has 0 spiro atoms. The Kier molecular flexibility index (Phi) is 5.60. The molecule has 0 saturated carbocycles. The Morgan fingerprint density at radius 2 is 2.00 bits per heavy atom. The molecule has 0 radical (unpaired) electrons. The number of hydrogen-bond acceptors (Lipinski definition) is 4. The Labute approximate surface area is 81.2 Å². The molecule has 0 heterocycles. The van der Waals surface area contributed by atoms with Crippen LogP contribution in [0.5, 0.6) is 0 Å². The molecule has 0 bridgehead atoms. The molecule has 0 aromatic heterocycles. The first-order valence-corrected chi connectivity index (χ1v) is 2.51. The second-order valence-electron chi connectivity index (χ2n) is 2.11. The van der Waals surface area contributed by atoms with Gasteiger partial charge in [0.2, 0.25) is 0 Å². The van der Waals surface area contributed by atoms with Gasteiger partial charge in [-0.25, -0.2) is 0 Å². The summed E-state index contributed by atoms with van der Waals surface area (Å²) in [7, 11) is 0. The number of carbonyl (C=O) groups is 1. The van der Waals surface area contributed by atoms with E-state index in [0.717, 1.165) is 6.92 Å². The van der Waals surface area contributed by atoms with Gasteiger partial charge < -0.3 is 20.1 Å². The first kappa shape index (κ1) is 13.0. The number of carboxylic acids is 1. The quantitative estimate of drug-likeness (QED) is 0.392. The van der Waals surface area contributed by atoms with Crippen LogP contribution >= 0.6 is 0 Å².